The fourth-order valence-electron chi connectivity index (χ4n) is 2.01. The normalized spacial score (nSPS) is 11.5. The van der Waals surface area contributed by atoms with Crippen molar-refractivity contribution >= 4 is 0 Å². The molecule has 3 nitrogen and oxygen atoms in total. The lowest BCUT2D eigenvalue weighted by Gasteiger charge is -2.14. The number of methoxy groups -OCH3 is 2. The van der Waals surface area contributed by atoms with Crippen LogP contribution in [0.2, 0.25) is 0 Å². The molecule has 0 heterocycles. The van der Waals surface area contributed by atoms with Crippen LogP contribution in [-0.4, -0.2) is 25.9 Å². The summed E-state index contributed by atoms with van der Waals surface area (Å²) in [4.78, 5) is 0. The highest BCUT2D eigenvalue weighted by Gasteiger charge is 2.11. The molecule has 0 aromatic heterocycles. The Morgan fingerprint density at radius 2 is 1.79 bits per heavy atom. The molecule has 3 heteroatoms. The fourth-order valence-corrected chi connectivity index (χ4v) is 2.01. The summed E-state index contributed by atoms with van der Waals surface area (Å²) in [6, 6.07) is 4.15. The number of hydrogen-bond acceptors (Lipinski definition) is 3. The standard InChI is InChI=1S/C16H24O3/c1-5-6-13-9-15(18-3)14(16(10-13)19-4)8-7-12(2)11-17/h7,9-10,17H,5-6,8,11H2,1-4H3. The van der Waals surface area contributed by atoms with E-state index in [1.54, 1.807) is 14.2 Å². The van der Waals surface area contributed by atoms with E-state index < -0.39 is 0 Å². The molecule has 106 valence electrons. The van der Waals surface area contributed by atoms with Gasteiger partial charge in [-0.3, -0.25) is 0 Å². The van der Waals surface area contributed by atoms with Gasteiger partial charge in [-0.05, 0) is 37.5 Å². The van der Waals surface area contributed by atoms with E-state index in [0.717, 1.165) is 35.5 Å². The summed E-state index contributed by atoms with van der Waals surface area (Å²) in [6.07, 6.45) is 4.80. The summed E-state index contributed by atoms with van der Waals surface area (Å²) in [7, 11) is 3.35. The first-order valence-corrected chi connectivity index (χ1v) is 6.66. The summed E-state index contributed by atoms with van der Waals surface area (Å²) in [5.41, 5.74) is 3.20. The molecule has 1 aromatic rings. The summed E-state index contributed by atoms with van der Waals surface area (Å²) >= 11 is 0. The molecule has 1 aromatic carbocycles. The topological polar surface area (TPSA) is 38.7 Å². The second kappa shape index (κ2) is 7.85. The van der Waals surface area contributed by atoms with Crippen molar-refractivity contribution in [3.63, 3.8) is 0 Å². The lowest BCUT2D eigenvalue weighted by Crippen LogP contribution is -1.99. The third kappa shape index (κ3) is 4.28. The van der Waals surface area contributed by atoms with E-state index in [2.05, 4.69) is 19.1 Å². The van der Waals surface area contributed by atoms with Crippen molar-refractivity contribution in [1.29, 1.82) is 0 Å². The van der Waals surface area contributed by atoms with Gasteiger partial charge < -0.3 is 14.6 Å². The second-order valence-corrected chi connectivity index (χ2v) is 4.64. The molecule has 0 amide bonds. The van der Waals surface area contributed by atoms with Gasteiger partial charge in [0.25, 0.3) is 0 Å². The Bertz CT molecular complexity index is 411. The van der Waals surface area contributed by atoms with Crippen LogP contribution < -0.4 is 9.47 Å². The molecule has 1 rings (SSSR count). The Morgan fingerprint density at radius 3 is 2.21 bits per heavy atom. The lowest BCUT2D eigenvalue weighted by molar-refractivity contribution is 0.331. The average molecular weight is 264 g/mol. The van der Waals surface area contributed by atoms with E-state index in [9.17, 15) is 0 Å². The number of benzene rings is 1. The van der Waals surface area contributed by atoms with Gasteiger partial charge in [0.1, 0.15) is 11.5 Å². The number of aryl methyl sites for hydroxylation is 1. The van der Waals surface area contributed by atoms with Gasteiger partial charge in [-0.2, -0.15) is 0 Å². The van der Waals surface area contributed by atoms with Crippen molar-refractivity contribution in [2.24, 2.45) is 0 Å². The molecule has 0 aliphatic carbocycles. The Morgan fingerprint density at radius 1 is 1.21 bits per heavy atom. The van der Waals surface area contributed by atoms with Gasteiger partial charge in [0.05, 0.1) is 20.8 Å². The van der Waals surface area contributed by atoms with E-state index in [1.807, 2.05) is 13.0 Å². The zero-order chi connectivity index (χ0) is 14.3. The van der Waals surface area contributed by atoms with Crippen LogP contribution in [0.25, 0.3) is 0 Å². The highest BCUT2D eigenvalue weighted by molar-refractivity contribution is 5.49. The first kappa shape index (κ1) is 15.6. The average Bonchev–Trinajstić information content (AvgIpc) is 2.44. The molecule has 0 unspecified atom stereocenters. The van der Waals surface area contributed by atoms with Gasteiger partial charge in [-0.1, -0.05) is 25.0 Å². The van der Waals surface area contributed by atoms with Gasteiger partial charge in [0.2, 0.25) is 0 Å². The third-order valence-corrected chi connectivity index (χ3v) is 3.11. The quantitative estimate of drug-likeness (QED) is 0.769. The van der Waals surface area contributed by atoms with E-state index in [1.165, 1.54) is 5.56 Å². The van der Waals surface area contributed by atoms with E-state index in [0.29, 0.717) is 6.42 Å². The van der Waals surface area contributed by atoms with Crippen molar-refractivity contribution in [2.75, 3.05) is 20.8 Å². The van der Waals surface area contributed by atoms with E-state index >= 15 is 0 Å². The van der Waals surface area contributed by atoms with Crippen LogP contribution in [-0.2, 0) is 12.8 Å². The molecule has 19 heavy (non-hydrogen) atoms. The smallest absolute Gasteiger partial charge is 0.126 e. The van der Waals surface area contributed by atoms with Gasteiger partial charge in [0.15, 0.2) is 0 Å². The van der Waals surface area contributed by atoms with Gasteiger partial charge >= 0.3 is 0 Å². The van der Waals surface area contributed by atoms with Crippen LogP contribution in [0.15, 0.2) is 23.8 Å². The number of allylic oxidation sites excluding steroid dienone is 1. The minimum atomic E-state index is 0.0819. The zero-order valence-electron chi connectivity index (χ0n) is 12.3. The minimum absolute atomic E-state index is 0.0819. The largest absolute Gasteiger partial charge is 0.496 e. The van der Waals surface area contributed by atoms with Gasteiger partial charge in [0, 0.05) is 5.56 Å². The number of rotatable bonds is 7. The maximum atomic E-state index is 9.05. The number of aliphatic hydroxyl groups excluding tert-OH is 1. The highest BCUT2D eigenvalue weighted by Crippen LogP contribution is 2.32. The van der Waals surface area contributed by atoms with Crippen molar-refractivity contribution < 1.29 is 14.6 Å². The Balaban J connectivity index is 3.13. The number of hydrogen-bond donors (Lipinski definition) is 1. The Hall–Kier alpha value is -1.48. The molecular formula is C16H24O3. The first-order chi connectivity index (χ1) is 9.15. The molecule has 0 atom stereocenters. The molecule has 0 saturated carbocycles. The maximum absolute atomic E-state index is 9.05. The van der Waals surface area contributed by atoms with E-state index in [-0.39, 0.29) is 6.61 Å². The first-order valence-electron chi connectivity index (χ1n) is 6.66. The molecule has 0 saturated heterocycles. The summed E-state index contributed by atoms with van der Waals surface area (Å²) in [5, 5.41) is 9.05. The minimum Gasteiger partial charge on any atom is -0.496 e. The van der Waals surface area contributed by atoms with Crippen molar-refractivity contribution in [3.8, 4) is 11.5 Å². The molecule has 0 radical (unpaired) electrons. The van der Waals surface area contributed by atoms with Crippen LogP contribution in [0.1, 0.15) is 31.4 Å². The second-order valence-electron chi connectivity index (χ2n) is 4.64. The van der Waals surface area contributed by atoms with Crippen molar-refractivity contribution in [3.05, 3.63) is 34.9 Å². The fraction of sp³-hybridized carbons (Fsp3) is 0.500. The molecule has 0 aliphatic heterocycles. The van der Waals surface area contributed by atoms with Crippen LogP contribution >= 0.6 is 0 Å². The third-order valence-electron chi connectivity index (χ3n) is 3.11. The Kier molecular flexibility index (Phi) is 6.43. The summed E-state index contributed by atoms with van der Waals surface area (Å²) in [5.74, 6) is 1.70. The lowest BCUT2D eigenvalue weighted by atomic mass is 10.0. The van der Waals surface area contributed by atoms with Crippen LogP contribution in [0.5, 0.6) is 11.5 Å². The summed E-state index contributed by atoms with van der Waals surface area (Å²) in [6.45, 7) is 4.14. The number of ether oxygens (including phenoxy) is 2. The number of aliphatic hydroxyl groups is 1. The van der Waals surface area contributed by atoms with Crippen molar-refractivity contribution in [2.45, 2.75) is 33.1 Å². The predicted octanol–water partition coefficient (Wildman–Crippen LogP) is 3.14. The molecule has 0 spiro atoms. The highest BCUT2D eigenvalue weighted by atomic mass is 16.5. The van der Waals surface area contributed by atoms with E-state index in [4.69, 9.17) is 14.6 Å². The van der Waals surface area contributed by atoms with Crippen molar-refractivity contribution in [1.82, 2.24) is 0 Å². The molecule has 0 aliphatic rings. The van der Waals surface area contributed by atoms with Gasteiger partial charge in [-0.15, -0.1) is 0 Å². The SMILES string of the molecule is CCCc1cc(OC)c(CC=C(C)CO)c(OC)c1. The van der Waals surface area contributed by atoms with Crippen LogP contribution in [0.3, 0.4) is 0 Å². The van der Waals surface area contributed by atoms with Gasteiger partial charge in [-0.25, -0.2) is 0 Å². The summed E-state index contributed by atoms with van der Waals surface area (Å²) < 4.78 is 10.9. The molecule has 1 N–H and O–H groups in total. The maximum Gasteiger partial charge on any atom is 0.126 e. The molecule has 0 fully saturated rings. The zero-order valence-corrected chi connectivity index (χ0v) is 12.3. The molecule has 0 bridgehead atoms. The van der Waals surface area contributed by atoms with Crippen LogP contribution in [0.4, 0.5) is 0 Å². The molecular weight excluding hydrogens is 240 g/mol. The predicted molar refractivity (Wildman–Crippen MR) is 78.1 cm³/mol. The monoisotopic (exact) mass is 264 g/mol. The Labute approximate surface area is 115 Å². The van der Waals surface area contributed by atoms with Crippen LogP contribution in [0, 0.1) is 0 Å².